The quantitative estimate of drug-likeness (QED) is 0.166. The first-order valence-corrected chi connectivity index (χ1v) is 14.9. The van der Waals surface area contributed by atoms with Gasteiger partial charge in [-0.05, 0) is 35.9 Å². The molecule has 0 unspecified atom stereocenters. The molecule has 2 aliphatic heterocycles. The Kier molecular flexibility index (Phi) is 7.39. The maximum absolute atomic E-state index is 13.9. The van der Waals surface area contributed by atoms with E-state index in [-0.39, 0.29) is 22.9 Å². The number of hydrogen-bond acceptors (Lipinski definition) is 8. The molecule has 0 bridgehead atoms. The largest absolute Gasteiger partial charge is 0.324 e. The van der Waals surface area contributed by atoms with Gasteiger partial charge in [0.1, 0.15) is 11.8 Å². The Morgan fingerprint density at radius 3 is 2.33 bits per heavy atom. The molecular weight excluding hydrogens is 623 g/mol. The molecule has 1 aromatic heterocycles. The van der Waals surface area contributed by atoms with Crippen LogP contribution in [0.25, 0.3) is 0 Å². The third kappa shape index (κ3) is 4.90. The molecule has 212 valence electrons. The van der Waals surface area contributed by atoms with Crippen LogP contribution in [0.4, 0.5) is 17.1 Å². The number of non-ortho nitro benzene ring substituents is 1. The number of benzene rings is 3. The van der Waals surface area contributed by atoms with Crippen molar-refractivity contribution < 1.29 is 19.3 Å². The number of fused-ring (bicyclic) bond motifs is 2. The van der Waals surface area contributed by atoms with Crippen molar-refractivity contribution in [3.05, 3.63) is 113 Å². The van der Waals surface area contributed by atoms with Gasteiger partial charge in [-0.15, -0.1) is 0 Å². The number of imide groups is 1. The molecule has 3 aromatic carbocycles. The number of anilines is 2. The standard InChI is InChI=1S/C28H18Cl2N4O6S2/c29-18-11-6-15(12-19(18)30)31-20(35)13-32-27-24(42-28(32)38)21(14-4-2-1-3-5-14)22-23(41-27)26(37)33(25(22)36)16-7-9-17(10-8-16)34(39)40/h1-12,21-23H,13H2,(H,31,35)/t21-,22-,23+/m0/s1. The Bertz CT molecular complexity index is 1830. The summed E-state index contributed by atoms with van der Waals surface area (Å²) < 4.78 is 1.32. The fraction of sp³-hybridized carbons (Fsp3) is 0.143. The van der Waals surface area contributed by atoms with E-state index in [1.807, 2.05) is 30.3 Å². The van der Waals surface area contributed by atoms with E-state index >= 15 is 0 Å². The van der Waals surface area contributed by atoms with Gasteiger partial charge in [0.05, 0.1) is 31.6 Å². The minimum absolute atomic E-state index is 0.169. The van der Waals surface area contributed by atoms with Gasteiger partial charge in [0.25, 0.3) is 5.69 Å². The van der Waals surface area contributed by atoms with E-state index in [2.05, 4.69) is 5.32 Å². The van der Waals surface area contributed by atoms with Crippen LogP contribution in [0.2, 0.25) is 10.0 Å². The summed E-state index contributed by atoms with van der Waals surface area (Å²) in [5.41, 5.74) is 1.20. The number of carbonyl (C=O) groups is 3. The molecule has 3 heterocycles. The summed E-state index contributed by atoms with van der Waals surface area (Å²) in [6.45, 7) is -0.328. The lowest BCUT2D eigenvalue weighted by Gasteiger charge is -2.30. The molecule has 2 aliphatic rings. The van der Waals surface area contributed by atoms with Crippen molar-refractivity contribution in [3.63, 3.8) is 0 Å². The average Bonchev–Trinajstić information content (AvgIpc) is 3.41. The van der Waals surface area contributed by atoms with E-state index in [1.165, 1.54) is 41.0 Å². The second-order valence-corrected chi connectivity index (χ2v) is 12.5. The first-order chi connectivity index (χ1) is 20.1. The minimum atomic E-state index is -0.885. The highest BCUT2D eigenvalue weighted by molar-refractivity contribution is 8.00. The monoisotopic (exact) mass is 640 g/mol. The van der Waals surface area contributed by atoms with Crippen LogP contribution in [-0.4, -0.2) is 32.5 Å². The first kappa shape index (κ1) is 28.2. The van der Waals surface area contributed by atoms with Gasteiger partial charge in [-0.3, -0.25) is 33.9 Å². The number of carbonyl (C=O) groups excluding carboxylic acids is 3. The molecule has 1 saturated heterocycles. The van der Waals surface area contributed by atoms with Crippen molar-refractivity contribution in [2.45, 2.75) is 22.7 Å². The van der Waals surface area contributed by atoms with Crippen molar-refractivity contribution in [1.29, 1.82) is 0 Å². The molecule has 0 saturated carbocycles. The maximum atomic E-state index is 13.9. The predicted octanol–water partition coefficient (Wildman–Crippen LogP) is 5.56. The normalized spacial score (nSPS) is 19.4. The number of nitrogens with one attached hydrogen (secondary N) is 1. The van der Waals surface area contributed by atoms with Gasteiger partial charge in [-0.1, -0.05) is 76.6 Å². The van der Waals surface area contributed by atoms with Crippen LogP contribution in [-0.2, 0) is 20.9 Å². The third-order valence-electron chi connectivity index (χ3n) is 7.03. The zero-order valence-corrected chi connectivity index (χ0v) is 24.4. The van der Waals surface area contributed by atoms with Crippen LogP contribution >= 0.6 is 46.3 Å². The zero-order valence-electron chi connectivity index (χ0n) is 21.2. The topological polar surface area (TPSA) is 132 Å². The summed E-state index contributed by atoms with van der Waals surface area (Å²) >= 11 is 14.0. The van der Waals surface area contributed by atoms with E-state index in [0.29, 0.717) is 20.6 Å². The molecule has 1 fully saturated rings. The van der Waals surface area contributed by atoms with Crippen LogP contribution in [0.1, 0.15) is 16.4 Å². The van der Waals surface area contributed by atoms with Crippen LogP contribution in [0.5, 0.6) is 0 Å². The van der Waals surface area contributed by atoms with E-state index in [0.717, 1.165) is 33.6 Å². The SMILES string of the molecule is O=C(Cn1c2c(sc1=O)[C@@H](c1ccccc1)[C@@H]1C(=O)N(c3ccc([N+](=O)[O-])cc3)C(=O)[C@@H]1S2)Nc1ccc(Cl)c(Cl)c1. The number of thioether (sulfide) groups is 1. The molecule has 6 rings (SSSR count). The van der Waals surface area contributed by atoms with E-state index in [4.69, 9.17) is 23.2 Å². The second-order valence-electron chi connectivity index (χ2n) is 9.54. The van der Waals surface area contributed by atoms with Gasteiger partial charge < -0.3 is 5.32 Å². The fourth-order valence-electron chi connectivity index (χ4n) is 5.17. The molecule has 1 N–H and O–H groups in total. The molecule has 42 heavy (non-hydrogen) atoms. The molecule has 14 heteroatoms. The summed E-state index contributed by atoms with van der Waals surface area (Å²) in [6.07, 6.45) is 0. The summed E-state index contributed by atoms with van der Waals surface area (Å²) in [7, 11) is 0. The molecule has 10 nitrogen and oxygen atoms in total. The Morgan fingerprint density at radius 1 is 0.952 bits per heavy atom. The van der Waals surface area contributed by atoms with Crippen LogP contribution in [0.15, 0.2) is 82.6 Å². The Morgan fingerprint density at radius 2 is 1.67 bits per heavy atom. The van der Waals surface area contributed by atoms with Crippen molar-refractivity contribution in [2.24, 2.45) is 5.92 Å². The Balaban J connectivity index is 1.37. The molecule has 3 amide bonds. The van der Waals surface area contributed by atoms with Crippen LogP contribution in [0, 0.1) is 16.0 Å². The highest BCUT2D eigenvalue weighted by Crippen LogP contribution is 2.53. The third-order valence-corrected chi connectivity index (χ3v) is 10.4. The van der Waals surface area contributed by atoms with E-state index in [9.17, 15) is 29.3 Å². The Labute approximate surface area is 256 Å². The van der Waals surface area contributed by atoms with Crippen molar-refractivity contribution in [2.75, 3.05) is 10.2 Å². The lowest BCUT2D eigenvalue weighted by molar-refractivity contribution is -0.384. The summed E-state index contributed by atoms with van der Waals surface area (Å²) in [4.78, 5) is 65.7. The molecule has 0 aliphatic carbocycles. The lowest BCUT2D eigenvalue weighted by Crippen LogP contribution is -2.33. The van der Waals surface area contributed by atoms with Crippen molar-refractivity contribution >= 4 is 81.1 Å². The second kappa shape index (κ2) is 11.0. The number of aromatic nitrogens is 1. The van der Waals surface area contributed by atoms with E-state index in [1.54, 1.807) is 6.07 Å². The average molecular weight is 642 g/mol. The molecule has 0 spiro atoms. The zero-order chi connectivity index (χ0) is 29.7. The number of hydrogen-bond donors (Lipinski definition) is 1. The van der Waals surface area contributed by atoms with Gasteiger partial charge in [-0.25, -0.2) is 4.90 Å². The molecule has 0 radical (unpaired) electrons. The van der Waals surface area contributed by atoms with Gasteiger partial charge in [0.15, 0.2) is 0 Å². The number of rotatable bonds is 6. The lowest BCUT2D eigenvalue weighted by atomic mass is 9.83. The Hall–Kier alpha value is -3.97. The van der Waals surface area contributed by atoms with Gasteiger partial charge in [0, 0.05) is 28.6 Å². The number of halogens is 2. The fourth-order valence-corrected chi connectivity index (χ4v) is 8.24. The number of thiazole rings is 1. The van der Waals surface area contributed by atoms with E-state index < -0.39 is 44.6 Å². The highest BCUT2D eigenvalue weighted by atomic mass is 35.5. The molecule has 3 atom stereocenters. The summed E-state index contributed by atoms with van der Waals surface area (Å²) in [5.74, 6) is -2.90. The smallest absolute Gasteiger partial charge is 0.308 e. The van der Waals surface area contributed by atoms with Gasteiger partial charge >= 0.3 is 4.87 Å². The van der Waals surface area contributed by atoms with Crippen LogP contribution < -0.4 is 15.1 Å². The summed E-state index contributed by atoms with van der Waals surface area (Å²) in [6, 6.07) is 18.9. The summed E-state index contributed by atoms with van der Waals surface area (Å²) in [5, 5.41) is 14.0. The predicted molar refractivity (Wildman–Crippen MR) is 161 cm³/mol. The number of amides is 3. The number of nitrogens with zero attached hydrogens (tertiary/aromatic N) is 3. The number of nitro benzene ring substituents is 1. The molecular formula is C28H18Cl2N4O6S2. The first-order valence-electron chi connectivity index (χ1n) is 12.5. The van der Waals surface area contributed by atoms with Crippen molar-refractivity contribution in [3.8, 4) is 0 Å². The molecule has 4 aromatic rings. The number of nitro groups is 1. The minimum Gasteiger partial charge on any atom is -0.324 e. The van der Waals surface area contributed by atoms with Gasteiger partial charge in [0.2, 0.25) is 17.7 Å². The highest BCUT2D eigenvalue weighted by Gasteiger charge is 2.56. The maximum Gasteiger partial charge on any atom is 0.308 e. The van der Waals surface area contributed by atoms with Crippen LogP contribution in [0.3, 0.4) is 0 Å². The van der Waals surface area contributed by atoms with Gasteiger partial charge in [-0.2, -0.15) is 0 Å². The van der Waals surface area contributed by atoms with Crippen molar-refractivity contribution in [1.82, 2.24) is 4.57 Å².